The van der Waals surface area contributed by atoms with Gasteiger partial charge in [-0.25, -0.2) is 14.3 Å². The minimum Gasteiger partial charge on any atom is -0.453 e. The normalized spacial score (nSPS) is 19.6. The van der Waals surface area contributed by atoms with Crippen LogP contribution in [-0.4, -0.2) is 51.2 Å². The number of aryl methyl sites for hydroxylation is 1. The summed E-state index contributed by atoms with van der Waals surface area (Å²) in [6.07, 6.45) is 11.6. The van der Waals surface area contributed by atoms with E-state index in [0.29, 0.717) is 18.0 Å². The summed E-state index contributed by atoms with van der Waals surface area (Å²) in [7, 11) is 1.28. The summed E-state index contributed by atoms with van der Waals surface area (Å²) in [5.74, 6) is 0.340. The fourth-order valence-corrected chi connectivity index (χ4v) is 4.46. The first-order valence-corrected chi connectivity index (χ1v) is 11.9. The molecule has 1 N–H and O–H groups in total. The van der Waals surface area contributed by atoms with E-state index in [-0.39, 0.29) is 11.9 Å². The number of likely N-dealkylation sites (tertiary alicyclic amines) is 1. The van der Waals surface area contributed by atoms with E-state index < -0.39 is 12.1 Å². The number of fused-ring (bicyclic) bond motifs is 1. The Kier molecular flexibility index (Phi) is 7.14. The van der Waals surface area contributed by atoms with Crippen molar-refractivity contribution in [2.24, 2.45) is 0 Å². The van der Waals surface area contributed by atoms with Gasteiger partial charge in [-0.3, -0.25) is 4.79 Å². The van der Waals surface area contributed by atoms with Crippen LogP contribution < -0.4 is 5.32 Å². The molecule has 2 fully saturated rings. The van der Waals surface area contributed by atoms with Crippen molar-refractivity contribution in [2.45, 2.75) is 64.0 Å². The van der Waals surface area contributed by atoms with Crippen LogP contribution in [0.2, 0.25) is 0 Å². The van der Waals surface area contributed by atoms with Crippen molar-refractivity contribution in [3.63, 3.8) is 0 Å². The van der Waals surface area contributed by atoms with Crippen molar-refractivity contribution in [3.8, 4) is 0 Å². The maximum Gasteiger partial charge on any atom is 0.407 e. The quantitative estimate of drug-likeness (QED) is 0.616. The zero-order valence-corrected chi connectivity index (χ0v) is 20.2. The molecule has 2 aromatic heterocycles. The van der Waals surface area contributed by atoms with Crippen molar-refractivity contribution in [3.05, 3.63) is 65.7 Å². The third kappa shape index (κ3) is 5.05. The Morgan fingerprint density at radius 1 is 1.21 bits per heavy atom. The van der Waals surface area contributed by atoms with Gasteiger partial charge in [0.25, 0.3) is 0 Å². The second kappa shape index (κ2) is 10.2. The van der Waals surface area contributed by atoms with Crippen LogP contribution in [0.5, 0.6) is 0 Å². The van der Waals surface area contributed by atoms with Gasteiger partial charge in [0.2, 0.25) is 5.91 Å². The fourth-order valence-electron chi connectivity index (χ4n) is 4.46. The highest BCUT2D eigenvalue weighted by Gasteiger charge is 2.36. The van der Waals surface area contributed by atoms with Gasteiger partial charge in [0, 0.05) is 29.9 Å². The summed E-state index contributed by atoms with van der Waals surface area (Å²) < 4.78 is 6.63. The number of methoxy groups -OCH3 is 1. The van der Waals surface area contributed by atoms with Gasteiger partial charge in [-0.2, -0.15) is 5.10 Å². The summed E-state index contributed by atoms with van der Waals surface area (Å²) in [6.45, 7) is 8.57. The minimum absolute atomic E-state index is 0.194. The van der Waals surface area contributed by atoms with Gasteiger partial charge in [0.05, 0.1) is 18.8 Å². The molecule has 1 saturated carbocycles. The molecule has 2 atom stereocenters. The molecule has 34 heavy (non-hydrogen) atoms. The van der Waals surface area contributed by atoms with Gasteiger partial charge in [-0.05, 0) is 57.6 Å². The molecule has 3 heterocycles. The van der Waals surface area contributed by atoms with Crippen LogP contribution in [0.3, 0.4) is 0 Å². The van der Waals surface area contributed by atoms with Crippen LogP contribution in [0.1, 0.15) is 68.1 Å². The first-order valence-electron chi connectivity index (χ1n) is 11.9. The SMILES string of the molecule is C=C(C=CC=CC)C(NC(=O)OC)C(=O)N1CCCCC1c1cc2nc(C3CC3)cc(C)n2n1. The van der Waals surface area contributed by atoms with Crippen molar-refractivity contribution < 1.29 is 14.3 Å². The highest BCUT2D eigenvalue weighted by Crippen LogP contribution is 2.39. The van der Waals surface area contributed by atoms with Crippen molar-refractivity contribution in [2.75, 3.05) is 13.7 Å². The second-order valence-corrected chi connectivity index (χ2v) is 9.01. The molecular formula is C26H33N5O3. The molecule has 4 rings (SSSR count). The summed E-state index contributed by atoms with van der Waals surface area (Å²) in [5, 5.41) is 7.49. The van der Waals surface area contributed by atoms with E-state index >= 15 is 0 Å². The van der Waals surface area contributed by atoms with Gasteiger partial charge in [0.15, 0.2) is 5.65 Å². The smallest absolute Gasteiger partial charge is 0.407 e. The molecule has 0 aromatic carbocycles. The molecule has 8 nitrogen and oxygen atoms in total. The number of hydrogen-bond acceptors (Lipinski definition) is 5. The number of alkyl carbamates (subject to hydrolysis) is 1. The topological polar surface area (TPSA) is 88.8 Å². The highest BCUT2D eigenvalue weighted by atomic mass is 16.5. The number of nitrogens with zero attached hydrogens (tertiary/aromatic N) is 4. The fraction of sp³-hybridized carbons (Fsp3) is 0.462. The van der Waals surface area contributed by atoms with Crippen molar-refractivity contribution in [1.29, 1.82) is 0 Å². The molecule has 0 radical (unpaired) electrons. The van der Waals surface area contributed by atoms with Crippen LogP contribution in [-0.2, 0) is 9.53 Å². The molecule has 1 aliphatic carbocycles. The van der Waals surface area contributed by atoms with E-state index in [1.165, 1.54) is 20.0 Å². The lowest BCUT2D eigenvalue weighted by molar-refractivity contribution is -0.136. The van der Waals surface area contributed by atoms with Crippen LogP contribution in [0.4, 0.5) is 4.79 Å². The maximum absolute atomic E-state index is 13.7. The summed E-state index contributed by atoms with van der Waals surface area (Å²) in [5.41, 5.74) is 4.29. The molecule has 2 unspecified atom stereocenters. The van der Waals surface area contributed by atoms with E-state index in [9.17, 15) is 9.59 Å². The van der Waals surface area contributed by atoms with E-state index in [1.807, 2.05) is 41.5 Å². The lowest BCUT2D eigenvalue weighted by Crippen LogP contribution is -2.51. The van der Waals surface area contributed by atoms with Crippen molar-refractivity contribution in [1.82, 2.24) is 24.8 Å². The van der Waals surface area contributed by atoms with Gasteiger partial charge in [-0.1, -0.05) is 30.9 Å². The average Bonchev–Trinajstić information content (AvgIpc) is 3.60. The number of piperidine rings is 1. The number of amides is 2. The Morgan fingerprint density at radius 2 is 2.00 bits per heavy atom. The summed E-state index contributed by atoms with van der Waals surface area (Å²) in [6, 6.07) is 3.00. The first kappa shape index (κ1) is 23.7. The highest BCUT2D eigenvalue weighted by molar-refractivity contribution is 5.89. The van der Waals surface area contributed by atoms with Crippen LogP contribution in [0, 0.1) is 6.92 Å². The maximum atomic E-state index is 13.7. The Balaban J connectivity index is 1.64. The van der Waals surface area contributed by atoms with Gasteiger partial charge in [0.1, 0.15) is 6.04 Å². The van der Waals surface area contributed by atoms with E-state index in [2.05, 4.69) is 18.0 Å². The third-order valence-corrected chi connectivity index (χ3v) is 6.45. The molecule has 0 bridgehead atoms. The zero-order valence-electron chi connectivity index (χ0n) is 20.2. The lowest BCUT2D eigenvalue weighted by atomic mass is 9.97. The number of allylic oxidation sites excluding steroid dienone is 3. The number of carbonyl (C=O) groups excluding carboxylic acids is 2. The number of ether oxygens (including phenoxy) is 1. The molecule has 2 aromatic rings. The van der Waals surface area contributed by atoms with Crippen molar-refractivity contribution >= 4 is 17.6 Å². The van der Waals surface area contributed by atoms with Crippen LogP contribution in [0.15, 0.2) is 48.6 Å². The third-order valence-electron chi connectivity index (χ3n) is 6.45. The largest absolute Gasteiger partial charge is 0.453 e. The second-order valence-electron chi connectivity index (χ2n) is 9.01. The monoisotopic (exact) mass is 463 g/mol. The number of carbonyl (C=O) groups is 2. The number of aromatic nitrogens is 3. The molecule has 0 spiro atoms. The zero-order chi connectivity index (χ0) is 24.2. The minimum atomic E-state index is -0.923. The number of hydrogen-bond donors (Lipinski definition) is 1. The average molecular weight is 464 g/mol. The van der Waals surface area contributed by atoms with E-state index in [0.717, 1.165) is 42.0 Å². The van der Waals surface area contributed by atoms with Gasteiger partial charge < -0.3 is 15.0 Å². The van der Waals surface area contributed by atoms with E-state index in [1.54, 1.807) is 12.2 Å². The Bertz CT molecular complexity index is 1140. The van der Waals surface area contributed by atoms with Crippen LogP contribution >= 0.6 is 0 Å². The molecule has 1 aliphatic heterocycles. The molecule has 2 amide bonds. The molecule has 180 valence electrons. The molecule has 1 saturated heterocycles. The Labute approximate surface area is 200 Å². The first-order chi connectivity index (χ1) is 16.4. The number of nitrogens with one attached hydrogen (secondary N) is 1. The standard InChI is InChI=1S/C26H33N5O3/c1-5-6-7-10-17(2)24(28-26(33)34-4)25(32)30-14-9-8-11-22(30)21-16-23-27-20(19-12-13-19)15-18(3)31(23)29-21/h5-7,10,15-16,19,22,24H,2,8-9,11-14H2,1,3-4H3,(H,28,33). The van der Waals surface area contributed by atoms with Gasteiger partial charge >= 0.3 is 6.09 Å². The van der Waals surface area contributed by atoms with Gasteiger partial charge in [-0.15, -0.1) is 0 Å². The van der Waals surface area contributed by atoms with E-state index in [4.69, 9.17) is 14.8 Å². The molecular weight excluding hydrogens is 430 g/mol. The lowest BCUT2D eigenvalue weighted by Gasteiger charge is -2.37. The molecule has 8 heteroatoms. The Morgan fingerprint density at radius 3 is 2.71 bits per heavy atom. The predicted octanol–water partition coefficient (Wildman–Crippen LogP) is 4.38. The Hall–Kier alpha value is -3.42. The number of rotatable bonds is 7. The summed E-state index contributed by atoms with van der Waals surface area (Å²) in [4.78, 5) is 32.4. The summed E-state index contributed by atoms with van der Waals surface area (Å²) >= 11 is 0. The van der Waals surface area contributed by atoms with Crippen LogP contribution in [0.25, 0.3) is 5.65 Å². The molecule has 2 aliphatic rings. The predicted molar refractivity (Wildman–Crippen MR) is 130 cm³/mol.